The number of anilines is 1. The van der Waals surface area contributed by atoms with Gasteiger partial charge in [-0.15, -0.1) is 0 Å². The molecule has 3 amide bonds. The number of hydrogen-bond acceptors (Lipinski definition) is 6. The molecule has 0 unspecified atom stereocenters. The third-order valence-corrected chi connectivity index (χ3v) is 6.29. The third-order valence-electron chi connectivity index (χ3n) is 6.29. The molecule has 200 valence electrons. The molecule has 0 spiro atoms. The van der Waals surface area contributed by atoms with Crippen LogP contribution in [0.15, 0.2) is 66.9 Å². The second-order valence-corrected chi connectivity index (χ2v) is 10.5. The lowest BCUT2D eigenvalue weighted by molar-refractivity contribution is -0.130. The van der Waals surface area contributed by atoms with Gasteiger partial charge in [0.25, 0.3) is 0 Å². The molecule has 4 rings (SSSR count). The Morgan fingerprint density at radius 1 is 1.11 bits per heavy atom. The minimum Gasteiger partial charge on any atom is -0.444 e. The Labute approximate surface area is 222 Å². The van der Waals surface area contributed by atoms with Crippen molar-refractivity contribution in [1.82, 2.24) is 15.2 Å². The van der Waals surface area contributed by atoms with Crippen molar-refractivity contribution in [1.29, 1.82) is 0 Å². The summed E-state index contributed by atoms with van der Waals surface area (Å²) in [5, 5.41) is 16.9. The minimum absolute atomic E-state index is 0.0834. The van der Waals surface area contributed by atoms with Crippen LogP contribution in [0.25, 0.3) is 10.9 Å². The molecule has 2 heterocycles. The van der Waals surface area contributed by atoms with Gasteiger partial charge in [-0.3, -0.25) is 19.5 Å². The average Bonchev–Trinajstić information content (AvgIpc) is 3.31. The topological polar surface area (TPSA) is 121 Å². The van der Waals surface area contributed by atoms with E-state index in [1.54, 1.807) is 27.0 Å². The SMILES string of the molecule is CC(C)(C)OC(=O)N1C[C@H](NC(=O)[C@H](O)CCc2ccccc2)C[C@H]1C(=O)Nc1cnc2ccccc2c1. The van der Waals surface area contributed by atoms with E-state index in [9.17, 15) is 19.5 Å². The maximum absolute atomic E-state index is 13.3. The molecule has 1 aromatic heterocycles. The number of carbonyl (C=O) groups is 3. The van der Waals surface area contributed by atoms with Crippen LogP contribution in [0, 0.1) is 0 Å². The van der Waals surface area contributed by atoms with Crippen molar-refractivity contribution in [2.24, 2.45) is 0 Å². The second kappa shape index (κ2) is 11.6. The van der Waals surface area contributed by atoms with Gasteiger partial charge in [-0.05, 0) is 57.7 Å². The predicted molar refractivity (Wildman–Crippen MR) is 144 cm³/mol. The number of nitrogens with zero attached hydrogens (tertiary/aromatic N) is 2. The number of rotatable bonds is 7. The number of aryl methyl sites for hydroxylation is 1. The normalized spacial score (nSPS) is 18.2. The van der Waals surface area contributed by atoms with Crippen LogP contribution in [0.2, 0.25) is 0 Å². The number of likely N-dealkylation sites (tertiary alicyclic amines) is 1. The maximum Gasteiger partial charge on any atom is 0.411 e. The number of pyridine rings is 1. The van der Waals surface area contributed by atoms with Crippen molar-refractivity contribution < 1.29 is 24.2 Å². The van der Waals surface area contributed by atoms with E-state index in [4.69, 9.17) is 4.74 Å². The quantitative estimate of drug-likeness (QED) is 0.439. The Hall–Kier alpha value is -3.98. The van der Waals surface area contributed by atoms with Crippen molar-refractivity contribution in [2.45, 2.75) is 63.8 Å². The average molecular weight is 519 g/mol. The highest BCUT2D eigenvalue weighted by Crippen LogP contribution is 2.24. The number of aliphatic hydroxyl groups excluding tert-OH is 1. The molecule has 1 aliphatic rings. The highest BCUT2D eigenvalue weighted by atomic mass is 16.6. The van der Waals surface area contributed by atoms with E-state index < -0.39 is 41.7 Å². The van der Waals surface area contributed by atoms with Crippen molar-refractivity contribution in [3.8, 4) is 0 Å². The number of ether oxygens (including phenoxy) is 1. The molecule has 3 atom stereocenters. The third kappa shape index (κ3) is 7.07. The van der Waals surface area contributed by atoms with Gasteiger partial charge in [0.1, 0.15) is 17.7 Å². The lowest BCUT2D eigenvalue weighted by Gasteiger charge is -2.28. The van der Waals surface area contributed by atoms with E-state index in [1.165, 1.54) is 4.90 Å². The largest absolute Gasteiger partial charge is 0.444 e. The number of hydrogen-bond donors (Lipinski definition) is 3. The monoisotopic (exact) mass is 518 g/mol. The van der Waals surface area contributed by atoms with E-state index >= 15 is 0 Å². The first-order chi connectivity index (χ1) is 18.1. The van der Waals surface area contributed by atoms with Crippen LogP contribution in [0.4, 0.5) is 10.5 Å². The summed E-state index contributed by atoms with van der Waals surface area (Å²) in [5.41, 5.74) is 1.57. The van der Waals surface area contributed by atoms with E-state index in [2.05, 4.69) is 15.6 Å². The molecule has 0 aliphatic carbocycles. The Morgan fingerprint density at radius 3 is 2.55 bits per heavy atom. The van der Waals surface area contributed by atoms with Crippen LogP contribution in [-0.4, -0.2) is 63.2 Å². The first-order valence-corrected chi connectivity index (χ1v) is 12.8. The van der Waals surface area contributed by atoms with E-state index in [0.29, 0.717) is 12.1 Å². The molecule has 1 fully saturated rings. The molecule has 9 nitrogen and oxygen atoms in total. The highest BCUT2D eigenvalue weighted by molar-refractivity contribution is 5.98. The summed E-state index contributed by atoms with van der Waals surface area (Å²) in [6, 6.07) is 17.6. The summed E-state index contributed by atoms with van der Waals surface area (Å²) in [7, 11) is 0. The molecular weight excluding hydrogens is 484 g/mol. The summed E-state index contributed by atoms with van der Waals surface area (Å²) in [6.45, 7) is 5.33. The minimum atomic E-state index is -1.21. The molecule has 2 aromatic carbocycles. The zero-order valence-electron chi connectivity index (χ0n) is 21.9. The van der Waals surface area contributed by atoms with Gasteiger partial charge < -0.3 is 20.5 Å². The second-order valence-electron chi connectivity index (χ2n) is 10.5. The summed E-state index contributed by atoms with van der Waals surface area (Å²) >= 11 is 0. The molecule has 0 bridgehead atoms. The van der Waals surface area contributed by atoms with Crippen LogP contribution < -0.4 is 10.6 Å². The number of fused-ring (bicyclic) bond motifs is 1. The Kier molecular flexibility index (Phi) is 8.26. The lowest BCUT2D eigenvalue weighted by atomic mass is 10.1. The van der Waals surface area contributed by atoms with E-state index in [0.717, 1.165) is 16.5 Å². The molecule has 3 N–H and O–H groups in total. The number of carbonyl (C=O) groups excluding carboxylic acids is 3. The van der Waals surface area contributed by atoms with Gasteiger partial charge in [-0.1, -0.05) is 48.5 Å². The smallest absolute Gasteiger partial charge is 0.411 e. The number of para-hydroxylation sites is 1. The van der Waals surface area contributed by atoms with E-state index in [-0.39, 0.29) is 19.4 Å². The maximum atomic E-state index is 13.3. The number of aliphatic hydroxyl groups is 1. The number of nitrogens with one attached hydrogen (secondary N) is 2. The standard InChI is InChI=1S/C29H34N4O5/c1-29(2,3)38-28(37)33-18-22(32-27(36)25(34)14-13-19-9-5-4-6-10-19)16-24(33)26(35)31-21-15-20-11-7-8-12-23(20)30-17-21/h4-12,15,17,22,24-25,34H,13-14,16,18H2,1-3H3,(H,31,35)(H,32,36)/t22-,24+,25-/m1/s1. The molecular formula is C29H34N4O5. The predicted octanol–water partition coefficient (Wildman–Crippen LogP) is 3.66. The summed E-state index contributed by atoms with van der Waals surface area (Å²) in [4.78, 5) is 44.7. The van der Waals surface area contributed by atoms with Crippen molar-refractivity contribution in [2.75, 3.05) is 11.9 Å². The van der Waals surface area contributed by atoms with Gasteiger partial charge in [-0.2, -0.15) is 0 Å². The van der Waals surface area contributed by atoms with Crippen molar-refractivity contribution in [3.05, 3.63) is 72.4 Å². The molecule has 1 aliphatic heterocycles. The molecule has 0 radical (unpaired) electrons. The molecule has 9 heteroatoms. The lowest BCUT2D eigenvalue weighted by Crippen LogP contribution is -2.46. The summed E-state index contributed by atoms with van der Waals surface area (Å²) in [6.07, 6.45) is 0.711. The molecule has 0 saturated carbocycles. The van der Waals surface area contributed by atoms with Crippen molar-refractivity contribution in [3.63, 3.8) is 0 Å². The Morgan fingerprint density at radius 2 is 1.82 bits per heavy atom. The summed E-state index contributed by atoms with van der Waals surface area (Å²) in [5.74, 6) is -0.941. The highest BCUT2D eigenvalue weighted by Gasteiger charge is 2.42. The van der Waals surface area contributed by atoms with Crippen LogP contribution in [0.3, 0.4) is 0 Å². The van der Waals surface area contributed by atoms with Gasteiger partial charge in [0, 0.05) is 18.0 Å². The number of aromatic nitrogens is 1. The zero-order chi connectivity index (χ0) is 27.3. The van der Waals surface area contributed by atoms with Gasteiger partial charge in [-0.25, -0.2) is 4.79 Å². The van der Waals surface area contributed by atoms with Crippen LogP contribution in [0.5, 0.6) is 0 Å². The Bertz CT molecular complexity index is 1290. The molecule has 38 heavy (non-hydrogen) atoms. The fourth-order valence-corrected chi connectivity index (χ4v) is 4.45. The summed E-state index contributed by atoms with van der Waals surface area (Å²) < 4.78 is 5.53. The molecule has 3 aromatic rings. The zero-order valence-corrected chi connectivity index (χ0v) is 21.9. The fraction of sp³-hybridized carbons (Fsp3) is 0.379. The van der Waals surface area contributed by atoms with Gasteiger partial charge in [0.05, 0.1) is 17.4 Å². The van der Waals surface area contributed by atoms with Gasteiger partial charge in [0.15, 0.2) is 0 Å². The van der Waals surface area contributed by atoms with Crippen LogP contribution >= 0.6 is 0 Å². The van der Waals surface area contributed by atoms with Crippen LogP contribution in [0.1, 0.15) is 39.2 Å². The molecule has 1 saturated heterocycles. The number of amides is 3. The fourth-order valence-electron chi connectivity index (χ4n) is 4.45. The van der Waals surface area contributed by atoms with E-state index in [1.807, 2.05) is 60.7 Å². The number of benzene rings is 2. The first kappa shape index (κ1) is 27.1. The van der Waals surface area contributed by atoms with Gasteiger partial charge in [0.2, 0.25) is 11.8 Å². The first-order valence-electron chi connectivity index (χ1n) is 12.8. The van der Waals surface area contributed by atoms with Crippen LogP contribution in [-0.2, 0) is 20.7 Å². The van der Waals surface area contributed by atoms with Crippen molar-refractivity contribution >= 4 is 34.5 Å². The van der Waals surface area contributed by atoms with Gasteiger partial charge >= 0.3 is 6.09 Å². The Balaban J connectivity index is 1.43.